The highest BCUT2D eigenvalue weighted by molar-refractivity contribution is 5.85. The molecule has 2 heteroatoms. The van der Waals surface area contributed by atoms with Crippen molar-refractivity contribution in [3.05, 3.63) is 35.0 Å². The van der Waals surface area contributed by atoms with Crippen LogP contribution in [0.4, 0.5) is 0 Å². The molecule has 0 aliphatic carbocycles. The lowest BCUT2D eigenvalue weighted by molar-refractivity contribution is 0.507. The molecule has 0 spiro atoms. The predicted octanol–water partition coefficient (Wildman–Crippen LogP) is 3.48. The smallest absolute Gasteiger partial charge is 0.0461 e. The first kappa shape index (κ1) is 12.2. The Labute approximate surface area is 103 Å². The molecule has 0 amide bonds. The highest BCUT2D eigenvalue weighted by Crippen LogP contribution is 2.33. The molecule has 0 saturated heterocycles. The third kappa shape index (κ3) is 2.09. The monoisotopic (exact) mass is 230 g/mol. The van der Waals surface area contributed by atoms with Gasteiger partial charge in [-0.15, -0.1) is 0 Å². The van der Waals surface area contributed by atoms with Crippen LogP contribution in [-0.4, -0.2) is 11.5 Å². The third-order valence-electron chi connectivity index (χ3n) is 3.62. The van der Waals surface area contributed by atoms with Crippen LogP contribution >= 0.6 is 0 Å². The second kappa shape index (κ2) is 4.53. The molecule has 1 heterocycles. The Hall–Kier alpha value is -1.28. The van der Waals surface area contributed by atoms with Gasteiger partial charge in [0, 0.05) is 22.5 Å². The van der Waals surface area contributed by atoms with Gasteiger partial charge in [-0.2, -0.15) is 0 Å². The average molecular weight is 230 g/mol. The molecule has 2 rings (SSSR count). The van der Waals surface area contributed by atoms with Crippen LogP contribution in [0.15, 0.2) is 18.2 Å². The van der Waals surface area contributed by atoms with E-state index in [0.717, 1.165) is 0 Å². The number of benzene rings is 1. The minimum atomic E-state index is 0.437. The van der Waals surface area contributed by atoms with Gasteiger partial charge in [-0.25, -0.2) is 0 Å². The van der Waals surface area contributed by atoms with Gasteiger partial charge >= 0.3 is 0 Å². The first-order valence-electron chi connectivity index (χ1n) is 6.33. The van der Waals surface area contributed by atoms with Crippen LogP contribution in [0.2, 0.25) is 0 Å². The zero-order chi connectivity index (χ0) is 12.6. The van der Waals surface area contributed by atoms with Crippen LogP contribution in [-0.2, 0) is 0 Å². The van der Waals surface area contributed by atoms with Crippen LogP contribution in [0.3, 0.4) is 0 Å². The molecule has 0 aliphatic heterocycles. The van der Waals surface area contributed by atoms with Crippen molar-refractivity contribution in [2.75, 3.05) is 6.54 Å². The molecule has 3 N–H and O–H groups in total. The number of H-pyrrole nitrogens is 1. The average Bonchev–Trinajstić information content (AvgIpc) is 2.55. The summed E-state index contributed by atoms with van der Waals surface area (Å²) in [5, 5.41) is 1.33. The van der Waals surface area contributed by atoms with Crippen molar-refractivity contribution in [3.8, 4) is 0 Å². The summed E-state index contributed by atoms with van der Waals surface area (Å²) < 4.78 is 0. The minimum absolute atomic E-state index is 0.437. The molecule has 1 aromatic heterocycles. The predicted molar refractivity (Wildman–Crippen MR) is 74.4 cm³/mol. The quantitative estimate of drug-likeness (QED) is 0.832. The van der Waals surface area contributed by atoms with Gasteiger partial charge in [0.25, 0.3) is 0 Å². The maximum absolute atomic E-state index is 5.94. The topological polar surface area (TPSA) is 41.8 Å². The van der Waals surface area contributed by atoms with E-state index in [4.69, 9.17) is 5.73 Å². The Morgan fingerprint density at radius 1 is 1.24 bits per heavy atom. The highest BCUT2D eigenvalue weighted by atomic mass is 14.7. The summed E-state index contributed by atoms with van der Waals surface area (Å²) in [7, 11) is 0. The fourth-order valence-electron chi connectivity index (χ4n) is 2.67. The number of nitrogens with two attached hydrogens (primary N) is 1. The number of aromatic amines is 1. The molecule has 17 heavy (non-hydrogen) atoms. The molecule has 2 aromatic rings. The molecule has 0 bridgehead atoms. The Morgan fingerprint density at radius 3 is 2.53 bits per heavy atom. The Kier molecular flexibility index (Phi) is 3.25. The molecule has 0 saturated carbocycles. The number of hydrogen-bond donors (Lipinski definition) is 2. The normalized spacial score (nSPS) is 13.5. The standard InChI is InChI=1S/C15H22N2/c1-9(2)13(8-16)15-11(4)17-14-7-10(3)5-6-12(14)15/h5-7,9,13,17H,8,16H2,1-4H3. The van der Waals surface area contributed by atoms with E-state index < -0.39 is 0 Å². The van der Waals surface area contributed by atoms with Gasteiger partial charge < -0.3 is 10.7 Å². The van der Waals surface area contributed by atoms with Crippen LogP contribution < -0.4 is 5.73 Å². The number of fused-ring (bicyclic) bond motifs is 1. The first-order valence-corrected chi connectivity index (χ1v) is 6.33. The number of rotatable bonds is 3. The van der Waals surface area contributed by atoms with E-state index in [9.17, 15) is 0 Å². The maximum atomic E-state index is 5.94. The summed E-state index contributed by atoms with van der Waals surface area (Å²) in [5.41, 5.74) is 11.1. The van der Waals surface area contributed by atoms with Gasteiger partial charge in [-0.05, 0) is 43.5 Å². The maximum Gasteiger partial charge on any atom is 0.0461 e. The lowest BCUT2D eigenvalue weighted by atomic mass is 9.86. The van der Waals surface area contributed by atoms with E-state index in [-0.39, 0.29) is 0 Å². The Bertz CT molecular complexity index is 523. The minimum Gasteiger partial charge on any atom is -0.358 e. The van der Waals surface area contributed by atoms with Crippen molar-refractivity contribution < 1.29 is 0 Å². The summed E-state index contributed by atoms with van der Waals surface area (Å²) >= 11 is 0. The summed E-state index contributed by atoms with van der Waals surface area (Å²) in [4.78, 5) is 3.48. The van der Waals surface area contributed by atoms with E-state index in [2.05, 4.69) is 50.9 Å². The fourth-order valence-corrected chi connectivity index (χ4v) is 2.67. The van der Waals surface area contributed by atoms with Crippen molar-refractivity contribution in [2.45, 2.75) is 33.6 Å². The van der Waals surface area contributed by atoms with Crippen LogP contribution in [0.25, 0.3) is 10.9 Å². The van der Waals surface area contributed by atoms with E-state index in [1.54, 1.807) is 0 Å². The van der Waals surface area contributed by atoms with E-state index in [1.165, 1.54) is 27.7 Å². The zero-order valence-electron chi connectivity index (χ0n) is 11.2. The molecule has 0 fully saturated rings. The van der Waals surface area contributed by atoms with Gasteiger partial charge in [-0.3, -0.25) is 0 Å². The molecule has 0 aliphatic rings. The lowest BCUT2D eigenvalue weighted by Crippen LogP contribution is -2.18. The molecule has 1 aromatic carbocycles. The van der Waals surface area contributed by atoms with E-state index in [1.807, 2.05) is 0 Å². The lowest BCUT2D eigenvalue weighted by Gasteiger charge is -2.19. The van der Waals surface area contributed by atoms with E-state index in [0.29, 0.717) is 18.4 Å². The van der Waals surface area contributed by atoms with Crippen LogP contribution in [0, 0.1) is 19.8 Å². The molecule has 0 radical (unpaired) electrons. The Morgan fingerprint density at radius 2 is 1.94 bits per heavy atom. The van der Waals surface area contributed by atoms with Gasteiger partial charge in [-0.1, -0.05) is 26.0 Å². The zero-order valence-corrected chi connectivity index (χ0v) is 11.2. The van der Waals surface area contributed by atoms with Gasteiger partial charge in [0.2, 0.25) is 0 Å². The SMILES string of the molecule is Cc1ccc2c(C(CN)C(C)C)c(C)[nH]c2c1. The number of hydrogen-bond acceptors (Lipinski definition) is 1. The summed E-state index contributed by atoms with van der Waals surface area (Å²) in [6, 6.07) is 6.60. The van der Waals surface area contributed by atoms with Crippen molar-refractivity contribution in [1.29, 1.82) is 0 Å². The van der Waals surface area contributed by atoms with Crippen molar-refractivity contribution in [1.82, 2.24) is 4.98 Å². The Balaban J connectivity index is 2.63. The van der Waals surface area contributed by atoms with E-state index >= 15 is 0 Å². The van der Waals surface area contributed by atoms with Gasteiger partial charge in [0.15, 0.2) is 0 Å². The highest BCUT2D eigenvalue weighted by Gasteiger charge is 2.20. The number of aromatic nitrogens is 1. The van der Waals surface area contributed by atoms with Crippen molar-refractivity contribution in [3.63, 3.8) is 0 Å². The van der Waals surface area contributed by atoms with Gasteiger partial charge in [0.1, 0.15) is 0 Å². The molecule has 1 unspecified atom stereocenters. The van der Waals surface area contributed by atoms with Crippen molar-refractivity contribution in [2.24, 2.45) is 11.7 Å². The second-order valence-corrected chi connectivity index (χ2v) is 5.30. The van der Waals surface area contributed by atoms with Crippen molar-refractivity contribution >= 4 is 10.9 Å². The number of nitrogens with one attached hydrogen (secondary N) is 1. The summed E-state index contributed by atoms with van der Waals surface area (Å²) in [6.45, 7) is 9.46. The third-order valence-corrected chi connectivity index (χ3v) is 3.62. The fraction of sp³-hybridized carbons (Fsp3) is 0.467. The largest absolute Gasteiger partial charge is 0.358 e. The molecular formula is C15H22N2. The summed E-state index contributed by atoms with van der Waals surface area (Å²) in [6.07, 6.45) is 0. The number of aryl methyl sites for hydroxylation is 2. The molecule has 92 valence electrons. The second-order valence-electron chi connectivity index (χ2n) is 5.30. The van der Waals surface area contributed by atoms with Crippen LogP contribution in [0.1, 0.15) is 36.6 Å². The van der Waals surface area contributed by atoms with Crippen LogP contribution in [0.5, 0.6) is 0 Å². The molecule has 1 atom stereocenters. The first-order chi connectivity index (χ1) is 8.04. The molecule has 2 nitrogen and oxygen atoms in total. The molecular weight excluding hydrogens is 208 g/mol. The summed E-state index contributed by atoms with van der Waals surface area (Å²) in [5.74, 6) is 1.01. The van der Waals surface area contributed by atoms with Gasteiger partial charge in [0.05, 0.1) is 0 Å².